The molecule has 4 fully saturated rings. The third-order valence-corrected chi connectivity index (χ3v) is 11.8. The maximum atomic E-state index is 14.5. The second-order valence-electron chi connectivity index (χ2n) is 16.0. The summed E-state index contributed by atoms with van der Waals surface area (Å²) in [6.45, 7) is 16.8. The van der Waals surface area contributed by atoms with Crippen LogP contribution in [0.25, 0.3) is 0 Å². The highest BCUT2D eigenvalue weighted by atomic mass is 35.5. The number of carbonyl (C=O) groups is 2. The molecule has 11 nitrogen and oxygen atoms in total. The lowest BCUT2D eigenvalue weighted by Crippen LogP contribution is -2.65. The summed E-state index contributed by atoms with van der Waals surface area (Å²) in [5, 5.41) is 15.3. The van der Waals surface area contributed by atoms with E-state index in [0.29, 0.717) is 40.4 Å². The van der Waals surface area contributed by atoms with Crippen LogP contribution in [0, 0.1) is 30.1 Å². The maximum absolute atomic E-state index is 14.5. The van der Waals surface area contributed by atoms with Gasteiger partial charge in [0.15, 0.2) is 0 Å². The Kier molecular flexibility index (Phi) is 9.65. The SMILES string of the molecule is COc1cccc(CC2(C(=O)N[C@@H](CC(C)C)B3O[C@@H]4C[C@@H]5C[C@@H](C5(C)C)[C@]4(C)O3)CC(CNC(=O)c3c(Cl)c(C)nn3C(C)C)=NO2)c1. The molecule has 1 aromatic heterocycles. The van der Waals surface area contributed by atoms with Crippen LogP contribution < -0.4 is 15.4 Å². The number of ether oxygens (including phenoxy) is 1. The van der Waals surface area contributed by atoms with Crippen LogP contribution in [0.3, 0.4) is 0 Å². The van der Waals surface area contributed by atoms with Crippen LogP contribution in [-0.4, -0.2) is 71.3 Å². The summed E-state index contributed by atoms with van der Waals surface area (Å²) in [5.74, 6) is 0.901. The molecule has 2 bridgehead atoms. The molecular formula is C36H51BClN5O6. The van der Waals surface area contributed by atoms with Gasteiger partial charge >= 0.3 is 7.12 Å². The third-order valence-electron chi connectivity index (χ3n) is 11.4. The van der Waals surface area contributed by atoms with Crippen LogP contribution in [0.15, 0.2) is 29.4 Å². The van der Waals surface area contributed by atoms with E-state index in [1.807, 2.05) is 38.1 Å². The molecule has 1 saturated heterocycles. The Hall–Kier alpha value is -3.09. The third kappa shape index (κ3) is 6.49. The van der Waals surface area contributed by atoms with E-state index >= 15 is 0 Å². The summed E-state index contributed by atoms with van der Waals surface area (Å²) in [7, 11) is 1.03. The maximum Gasteiger partial charge on any atom is 0.481 e. The molecule has 5 aliphatic rings. The summed E-state index contributed by atoms with van der Waals surface area (Å²) in [4.78, 5) is 34.0. The molecule has 7 rings (SSSR count). The number of aromatic nitrogens is 2. The minimum absolute atomic E-state index is 0.00264. The number of halogens is 1. The Labute approximate surface area is 295 Å². The molecule has 1 aromatic carbocycles. The predicted octanol–water partition coefficient (Wildman–Crippen LogP) is 5.72. The van der Waals surface area contributed by atoms with E-state index in [4.69, 9.17) is 30.5 Å². The lowest BCUT2D eigenvalue weighted by Gasteiger charge is -2.64. The topological polar surface area (TPSA) is 125 Å². The van der Waals surface area contributed by atoms with E-state index in [9.17, 15) is 9.59 Å². The van der Waals surface area contributed by atoms with Crippen molar-refractivity contribution in [1.29, 1.82) is 0 Å². The smallest absolute Gasteiger partial charge is 0.481 e. The fourth-order valence-corrected chi connectivity index (χ4v) is 8.75. The first-order valence-corrected chi connectivity index (χ1v) is 18.0. The van der Waals surface area contributed by atoms with Crippen LogP contribution in [0.4, 0.5) is 0 Å². The van der Waals surface area contributed by atoms with Crippen LogP contribution >= 0.6 is 11.6 Å². The zero-order chi connectivity index (χ0) is 35.5. The average Bonchev–Trinajstić information content (AvgIpc) is 3.72. The first-order chi connectivity index (χ1) is 23.1. The number of nitrogens with zero attached hydrogens (tertiary/aromatic N) is 3. The number of nitrogens with one attached hydrogen (secondary N) is 2. The Morgan fingerprint density at radius 1 is 1.18 bits per heavy atom. The van der Waals surface area contributed by atoms with Crippen molar-refractivity contribution in [3.05, 3.63) is 46.2 Å². The van der Waals surface area contributed by atoms with Crippen molar-refractivity contribution in [2.45, 2.75) is 117 Å². The molecule has 49 heavy (non-hydrogen) atoms. The van der Waals surface area contributed by atoms with Crippen molar-refractivity contribution in [3.63, 3.8) is 0 Å². The summed E-state index contributed by atoms with van der Waals surface area (Å²) >= 11 is 6.48. The largest absolute Gasteiger partial charge is 0.497 e. The molecule has 2 aliphatic heterocycles. The monoisotopic (exact) mass is 695 g/mol. The molecule has 3 aliphatic carbocycles. The lowest BCUT2D eigenvalue weighted by atomic mass is 9.43. The number of hydrogen-bond donors (Lipinski definition) is 2. The van der Waals surface area contributed by atoms with Crippen molar-refractivity contribution in [2.75, 3.05) is 13.7 Å². The fraction of sp³-hybridized carbons (Fsp3) is 0.667. The standard InChI is InChI=1S/C36H51BClN5O6/c1-20(2)13-29(37-47-28-16-24-15-27(34(24,6)7)35(28,8)48-37)40-33(45)36(17-23-11-10-12-26(14-23)46-9)18-25(42-49-36)19-39-32(44)31-30(38)22(5)41-43(31)21(3)4/h10-12,14,20-21,24,27-29H,13,15-19H2,1-9H3,(H,39,44)(H,40,45)/t24-,27-,28+,29-,35-,36?/m0/s1. The van der Waals surface area contributed by atoms with Crippen LogP contribution in [0.2, 0.25) is 5.02 Å². The van der Waals surface area contributed by atoms with Gasteiger partial charge in [-0.1, -0.05) is 56.6 Å². The first-order valence-electron chi connectivity index (χ1n) is 17.6. The number of amides is 2. The van der Waals surface area contributed by atoms with Gasteiger partial charge in [-0.15, -0.1) is 0 Å². The molecule has 0 radical (unpaired) electrons. The van der Waals surface area contributed by atoms with Crippen molar-refractivity contribution in [2.24, 2.45) is 28.3 Å². The zero-order valence-corrected chi connectivity index (χ0v) is 31.0. The summed E-state index contributed by atoms with van der Waals surface area (Å²) in [5.41, 5.74) is 0.700. The Balaban J connectivity index is 1.21. The van der Waals surface area contributed by atoms with Gasteiger partial charge in [-0.3, -0.25) is 14.3 Å². The van der Waals surface area contributed by atoms with Crippen molar-refractivity contribution < 1.29 is 28.5 Å². The molecule has 0 spiro atoms. The normalized spacial score (nSPS) is 28.9. The van der Waals surface area contributed by atoms with Gasteiger partial charge in [0.1, 0.15) is 11.4 Å². The highest BCUT2D eigenvalue weighted by Gasteiger charge is 2.68. The van der Waals surface area contributed by atoms with Crippen LogP contribution in [-0.2, 0) is 25.4 Å². The predicted molar refractivity (Wildman–Crippen MR) is 189 cm³/mol. The summed E-state index contributed by atoms with van der Waals surface area (Å²) in [6.07, 6.45) is 3.19. The highest BCUT2D eigenvalue weighted by molar-refractivity contribution is 6.48. The number of oxime groups is 1. The molecule has 266 valence electrons. The molecule has 13 heteroatoms. The van der Waals surface area contributed by atoms with E-state index in [1.54, 1.807) is 18.7 Å². The number of benzene rings is 1. The molecule has 2 amide bonds. The minimum Gasteiger partial charge on any atom is -0.497 e. The van der Waals surface area contributed by atoms with Gasteiger partial charge in [-0.2, -0.15) is 5.10 Å². The van der Waals surface area contributed by atoms with Crippen molar-refractivity contribution in [3.8, 4) is 5.75 Å². The number of carbonyl (C=O) groups excluding carboxylic acids is 2. The van der Waals surface area contributed by atoms with Gasteiger partial charge in [-0.25, -0.2) is 0 Å². The van der Waals surface area contributed by atoms with E-state index < -0.39 is 24.3 Å². The van der Waals surface area contributed by atoms with Gasteiger partial charge in [0.05, 0.1) is 47.7 Å². The Morgan fingerprint density at radius 3 is 2.61 bits per heavy atom. The number of aryl methyl sites for hydroxylation is 1. The number of hydrogen-bond acceptors (Lipinski definition) is 8. The van der Waals surface area contributed by atoms with E-state index in [0.717, 1.165) is 18.4 Å². The van der Waals surface area contributed by atoms with Crippen LogP contribution in [0.5, 0.6) is 5.75 Å². The number of rotatable bonds is 12. The van der Waals surface area contributed by atoms with E-state index in [1.165, 1.54) is 0 Å². The second kappa shape index (κ2) is 13.2. The molecule has 3 heterocycles. The second-order valence-corrected chi connectivity index (χ2v) is 16.3. The number of methoxy groups -OCH3 is 1. The highest BCUT2D eigenvalue weighted by Crippen LogP contribution is 2.65. The molecule has 2 aromatic rings. The van der Waals surface area contributed by atoms with E-state index in [2.05, 4.69) is 55.5 Å². The molecular weight excluding hydrogens is 645 g/mol. The zero-order valence-electron chi connectivity index (χ0n) is 30.3. The molecule has 3 saturated carbocycles. The van der Waals surface area contributed by atoms with Crippen molar-refractivity contribution >= 4 is 36.2 Å². The quantitative estimate of drug-likeness (QED) is 0.272. The Bertz CT molecular complexity index is 1630. The Morgan fingerprint density at radius 2 is 1.94 bits per heavy atom. The van der Waals surface area contributed by atoms with Gasteiger partial charge in [0.25, 0.3) is 11.8 Å². The summed E-state index contributed by atoms with van der Waals surface area (Å²) in [6, 6.07) is 7.51. The lowest BCUT2D eigenvalue weighted by molar-refractivity contribution is -0.199. The summed E-state index contributed by atoms with van der Waals surface area (Å²) < 4.78 is 20.6. The fourth-order valence-electron chi connectivity index (χ4n) is 8.54. The van der Waals surface area contributed by atoms with Gasteiger partial charge < -0.3 is 29.5 Å². The van der Waals surface area contributed by atoms with Crippen LogP contribution in [0.1, 0.15) is 102 Å². The average molecular weight is 696 g/mol. The van der Waals surface area contributed by atoms with E-state index in [-0.39, 0.29) is 60.4 Å². The molecule has 2 N–H and O–H groups in total. The minimum atomic E-state index is -1.37. The van der Waals surface area contributed by atoms with Crippen molar-refractivity contribution in [1.82, 2.24) is 20.4 Å². The first kappa shape index (κ1) is 35.7. The van der Waals surface area contributed by atoms with Gasteiger partial charge in [0.2, 0.25) is 5.60 Å². The molecule has 6 atom stereocenters. The van der Waals surface area contributed by atoms with Gasteiger partial charge in [-0.05, 0) is 87.8 Å². The molecule has 1 unspecified atom stereocenters. The van der Waals surface area contributed by atoms with Gasteiger partial charge in [0, 0.05) is 18.9 Å².